The van der Waals surface area contributed by atoms with E-state index in [0.717, 1.165) is 11.1 Å². The molecule has 1 aromatic rings. The summed E-state index contributed by atoms with van der Waals surface area (Å²) in [6, 6.07) is 6.96. The molecule has 0 aromatic heterocycles. The second-order valence-corrected chi connectivity index (χ2v) is 8.98. The van der Waals surface area contributed by atoms with Crippen LogP contribution in [0.25, 0.3) is 0 Å². The van der Waals surface area contributed by atoms with Crippen molar-refractivity contribution >= 4 is 12.1 Å². The summed E-state index contributed by atoms with van der Waals surface area (Å²) < 4.78 is 5.30. The number of aliphatic carboxylic acids is 1. The number of benzene rings is 1. The van der Waals surface area contributed by atoms with Crippen molar-refractivity contribution in [2.24, 2.45) is 5.41 Å². The third-order valence-electron chi connectivity index (χ3n) is 4.04. The van der Waals surface area contributed by atoms with Crippen molar-refractivity contribution in [3.05, 3.63) is 35.4 Å². The van der Waals surface area contributed by atoms with Crippen molar-refractivity contribution < 1.29 is 19.4 Å². The Balaban J connectivity index is 3.20. The van der Waals surface area contributed by atoms with Crippen LogP contribution in [-0.4, -0.2) is 22.8 Å². The zero-order valence-corrected chi connectivity index (χ0v) is 16.6. The molecule has 2 N–H and O–H groups in total. The van der Waals surface area contributed by atoms with Gasteiger partial charge in [0.15, 0.2) is 0 Å². The molecule has 0 saturated heterocycles. The van der Waals surface area contributed by atoms with E-state index in [-0.39, 0.29) is 5.41 Å². The van der Waals surface area contributed by atoms with E-state index in [1.807, 2.05) is 24.3 Å². The van der Waals surface area contributed by atoms with Gasteiger partial charge < -0.3 is 15.2 Å². The van der Waals surface area contributed by atoms with Gasteiger partial charge in [-0.2, -0.15) is 0 Å². The van der Waals surface area contributed by atoms with Crippen molar-refractivity contribution in [1.82, 2.24) is 5.32 Å². The predicted octanol–water partition coefficient (Wildman–Crippen LogP) is 4.66. The third-order valence-corrected chi connectivity index (χ3v) is 4.04. The summed E-state index contributed by atoms with van der Waals surface area (Å²) in [5, 5.41) is 12.3. The molecule has 140 valence electrons. The van der Waals surface area contributed by atoms with Crippen LogP contribution in [0.3, 0.4) is 0 Å². The van der Waals surface area contributed by atoms with Gasteiger partial charge in [-0.25, -0.2) is 4.79 Å². The van der Waals surface area contributed by atoms with Crippen molar-refractivity contribution in [2.75, 3.05) is 0 Å². The van der Waals surface area contributed by atoms with E-state index in [1.54, 1.807) is 34.6 Å². The summed E-state index contributed by atoms with van der Waals surface area (Å²) in [5.74, 6) is -0.992. The number of hydrogen-bond acceptors (Lipinski definition) is 3. The summed E-state index contributed by atoms with van der Waals surface area (Å²) in [5.41, 5.74) is 0.0133. The van der Waals surface area contributed by atoms with E-state index in [2.05, 4.69) is 26.1 Å². The molecule has 0 saturated carbocycles. The van der Waals surface area contributed by atoms with Crippen LogP contribution in [0.4, 0.5) is 4.79 Å². The number of alkyl carbamates (subject to hydrolysis) is 1. The van der Waals surface area contributed by atoms with E-state index in [4.69, 9.17) is 4.74 Å². The molecule has 0 heterocycles. The maximum Gasteiger partial charge on any atom is 0.408 e. The molecule has 0 spiro atoms. The van der Waals surface area contributed by atoms with Gasteiger partial charge in [0.1, 0.15) is 5.60 Å². The normalized spacial score (nSPS) is 13.9. The molecule has 0 aliphatic heterocycles. The van der Waals surface area contributed by atoms with Gasteiger partial charge in [-0.05, 0) is 51.2 Å². The highest BCUT2D eigenvalue weighted by Gasteiger charge is 2.39. The molecule has 1 rings (SSSR count). The summed E-state index contributed by atoms with van der Waals surface area (Å²) in [6.07, 6.45) is -0.633. The molecular formula is C20H31NO4. The monoisotopic (exact) mass is 349 g/mol. The maximum atomic E-state index is 12.2. The molecular weight excluding hydrogens is 318 g/mol. The Morgan fingerprint density at radius 3 is 1.80 bits per heavy atom. The van der Waals surface area contributed by atoms with Crippen LogP contribution in [0.2, 0.25) is 0 Å². The van der Waals surface area contributed by atoms with Gasteiger partial charge in [0, 0.05) is 0 Å². The van der Waals surface area contributed by atoms with Gasteiger partial charge in [-0.15, -0.1) is 0 Å². The lowest BCUT2D eigenvalue weighted by atomic mass is 9.79. The Morgan fingerprint density at radius 1 is 0.960 bits per heavy atom. The van der Waals surface area contributed by atoms with E-state index in [0.29, 0.717) is 0 Å². The molecule has 1 aromatic carbocycles. The van der Waals surface area contributed by atoms with Crippen LogP contribution >= 0.6 is 0 Å². The van der Waals surface area contributed by atoms with Crippen LogP contribution in [-0.2, 0) is 14.9 Å². The quantitative estimate of drug-likeness (QED) is 0.829. The zero-order valence-electron chi connectivity index (χ0n) is 16.6. The Bertz CT molecular complexity index is 619. The Hall–Kier alpha value is -2.04. The largest absolute Gasteiger partial charge is 0.481 e. The molecule has 0 bridgehead atoms. The lowest BCUT2D eigenvalue weighted by Crippen LogP contribution is -2.44. The molecule has 0 aliphatic rings. The van der Waals surface area contributed by atoms with Gasteiger partial charge in [0.25, 0.3) is 0 Å². The number of hydrogen-bond donors (Lipinski definition) is 2. The van der Waals surface area contributed by atoms with Crippen LogP contribution in [0.15, 0.2) is 24.3 Å². The van der Waals surface area contributed by atoms with Crippen LogP contribution in [0.1, 0.15) is 72.6 Å². The van der Waals surface area contributed by atoms with Gasteiger partial charge in [-0.3, -0.25) is 4.79 Å². The number of carboxylic acids is 1. The Kier molecular flexibility index (Phi) is 5.93. The lowest BCUT2D eigenvalue weighted by molar-refractivity contribution is -0.148. The second-order valence-electron chi connectivity index (χ2n) is 8.98. The number of nitrogens with one attached hydrogen (secondary N) is 1. The fraction of sp³-hybridized carbons (Fsp3) is 0.600. The molecule has 0 aliphatic carbocycles. The minimum Gasteiger partial charge on any atom is -0.481 e. The minimum absolute atomic E-state index is 0.00502. The minimum atomic E-state index is -1.19. The Labute approximate surface area is 150 Å². The van der Waals surface area contributed by atoms with E-state index in [9.17, 15) is 14.7 Å². The topological polar surface area (TPSA) is 75.6 Å². The second kappa shape index (κ2) is 7.06. The summed E-state index contributed by atoms with van der Waals surface area (Å²) in [4.78, 5) is 23.9. The van der Waals surface area contributed by atoms with Crippen molar-refractivity contribution in [1.29, 1.82) is 0 Å². The number of rotatable bonds is 4. The van der Waals surface area contributed by atoms with E-state index in [1.165, 1.54) is 0 Å². The standard InChI is InChI=1S/C20H31NO4/c1-18(2,3)14-11-9-13(10-12-14)15(20(7,8)16(22)23)21-17(24)25-19(4,5)6/h9-12,15H,1-8H3,(H,21,24)(H,22,23)/t15-/m0/s1. The molecule has 25 heavy (non-hydrogen) atoms. The van der Waals surface area contributed by atoms with Crippen LogP contribution in [0.5, 0.6) is 0 Å². The maximum absolute atomic E-state index is 12.2. The average Bonchev–Trinajstić information content (AvgIpc) is 2.41. The van der Waals surface area contributed by atoms with Crippen molar-refractivity contribution in [3.8, 4) is 0 Å². The zero-order chi connectivity index (χ0) is 19.6. The average molecular weight is 349 g/mol. The first-order valence-electron chi connectivity index (χ1n) is 8.48. The van der Waals surface area contributed by atoms with E-state index >= 15 is 0 Å². The summed E-state index contributed by atoms with van der Waals surface area (Å²) in [7, 11) is 0. The first-order valence-corrected chi connectivity index (χ1v) is 8.48. The van der Waals surface area contributed by atoms with Gasteiger partial charge >= 0.3 is 12.1 Å². The summed E-state index contributed by atoms with van der Waals surface area (Å²) >= 11 is 0. The number of ether oxygens (including phenoxy) is 1. The fourth-order valence-electron chi connectivity index (χ4n) is 2.40. The molecule has 1 atom stereocenters. The van der Waals surface area contributed by atoms with Gasteiger partial charge in [-0.1, -0.05) is 45.0 Å². The molecule has 1 amide bonds. The number of amides is 1. The third kappa shape index (κ3) is 5.76. The number of carbonyl (C=O) groups excluding carboxylic acids is 1. The summed E-state index contributed by atoms with van der Waals surface area (Å²) in [6.45, 7) is 14.8. The van der Waals surface area contributed by atoms with Crippen LogP contribution < -0.4 is 5.32 Å². The van der Waals surface area contributed by atoms with Crippen molar-refractivity contribution in [3.63, 3.8) is 0 Å². The lowest BCUT2D eigenvalue weighted by Gasteiger charge is -2.33. The highest BCUT2D eigenvalue weighted by Crippen LogP contribution is 2.35. The smallest absolute Gasteiger partial charge is 0.408 e. The molecule has 5 nitrogen and oxygen atoms in total. The predicted molar refractivity (Wildman–Crippen MR) is 98.7 cm³/mol. The highest BCUT2D eigenvalue weighted by molar-refractivity contribution is 5.77. The molecule has 0 radical (unpaired) electrons. The van der Waals surface area contributed by atoms with Crippen molar-refractivity contribution in [2.45, 2.75) is 72.4 Å². The molecule has 5 heteroatoms. The first-order chi connectivity index (χ1) is 11.1. The highest BCUT2D eigenvalue weighted by atomic mass is 16.6. The molecule has 0 fully saturated rings. The van der Waals surface area contributed by atoms with Gasteiger partial charge in [0.2, 0.25) is 0 Å². The number of carboxylic acid groups (broad SMARTS) is 1. The number of carbonyl (C=O) groups is 2. The fourth-order valence-corrected chi connectivity index (χ4v) is 2.40. The first kappa shape index (κ1) is 21.0. The molecule has 0 unspecified atom stereocenters. The van der Waals surface area contributed by atoms with E-state index < -0.39 is 29.1 Å². The SMILES string of the molecule is CC(C)(C)OC(=O)N[C@@H](c1ccc(C(C)(C)C)cc1)C(C)(C)C(=O)O. The Morgan fingerprint density at radius 2 is 1.44 bits per heavy atom. The van der Waals surface area contributed by atoms with Gasteiger partial charge in [0.05, 0.1) is 11.5 Å². The van der Waals surface area contributed by atoms with Crippen LogP contribution in [0, 0.1) is 5.41 Å².